The highest BCUT2D eigenvalue weighted by atomic mass is 15.1. The van der Waals surface area contributed by atoms with Crippen LogP contribution in [0.2, 0.25) is 0 Å². The second-order valence-electron chi connectivity index (χ2n) is 22.3. The van der Waals surface area contributed by atoms with Crippen LogP contribution in [0, 0.1) is 0 Å². The lowest BCUT2D eigenvalue weighted by molar-refractivity contribution is 0.792. The zero-order chi connectivity index (χ0) is 66.5. The molecule has 0 saturated carbocycles. The Bertz CT molecular complexity index is 4630. The molecule has 0 aromatic heterocycles. The van der Waals surface area contributed by atoms with Gasteiger partial charge in [0.1, 0.15) is 259 Å². The van der Waals surface area contributed by atoms with E-state index in [2.05, 4.69) is 0 Å². The molecule has 0 atom stereocenters. The normalized spacial score (nSPS) is 13.2. The largest absolute Gasteiger partial charge is 0.312 e. The summed E-state index contributed by atoms with van der Waals surface area (Å²) in [6.07, 6.45) is 0. The summed E-state index contributed by atoms with van der Waals surface area (Å²) in [6.45, 7) is 0. The number of anilines is 3. The van der Waals surface area contributed by atoms with E-state index in [0.717, 1.165) is 0 Å². The molecule has 2 aliphatic carbocycles. The minimum absolute atomic E-state index is 0.00796. The van der Waals surface area contributed by atoms with Gasteiger partial charge in [0, 0.05) is 17.1 Å². The van der Waals surface area contributed by atoms with Crippen molar-refractivity contribution < 1.29 is 0 Å². The van der Waals surface area contributed by atoms with Gasteiger partial charge in [0.25, 0.3) is 0 Å². The smallest absolute Gasteiger partial charge is 0.115 e. The van der Waals surface area contributed by atoms with Crippen molar-refractivity contribution in [3.05, 3.63) is 80.9 Å². The van der Waals surface area contributed by atoms with Crippen molar-refractivity contribution in [2.75, 3.05) is 4.90 Å². The fraction of sp³-hybridized carbons (Fsp3) is 0.0357. The summed E-state index contributed by atoms with van der Waals surface area (Å²) < 4.78 is 0. The average molecular weight is 1050 g/mol. The minimum Gasteiger partial charge on any atom is -0.312 e. The lowest BCUT2D eigenvalue weighted by atomic mass is 9.49. The van der Waals surface area contributed by atoms with Gasteiger partial charge in [-0.3, -0.25) is 0 Å². The van der Waals surface area contributed by atoms with Gasteiger partial charge in [0.2, 0.25) is 0 Å². The van der Waals surface area contributed by atoms with Crippen LogP contribution in [0.5, 0.6) is 0 Å². The Labute approximate surface area is 570 Å². The first-order chi connectivity index (χ1) is 42.0. The summed E-state index contributed by atoms with van der Waals surface area (Å²) in [7, 11) is 228. The number of hydrogen-bond donors (Lipinski definition) is 0. The molecule has 9 aromatic rings. The molecule has 0 N–H and O–H groups in total. The predicted molar refractivity (Wildman–Crippen MR) is 414 cm³/mol. The third-order valence-electron chi connectivity index (χ3n) is 18.1. The fourth-order valence-corrected chi connectivity index (χ4v) is 13.5. The molecule has 0 aliphatic heterocycles. The summed E-state index contributed by atoms with van der Waals surface area (Å²) in [5.41, 5.74) is -9.85. The molecule has 0 fully saturated rings. The molecule has 0 bridgehead atoms. The van der Waals surface area contributed by atoms with Crippen LogP contribution in [0.4, 0.5) is 17.1 Å². The molecule has 2 aliphatic rings. The van der Waals surface area contributed by atoms with Crippen LogP contribution in [0.15, 0.2) is 36.4 Å². The molecular formula is C56H6B33N. The SMILES string of the molecule is [B]c1cc(N(c2ccc(C3(c4c([B])c([B])c([B])c([B])c4[B])c4c([B])c([B])c([B])c([B])c4-c4c([B])c([B])c([B])c([B])c43)cc2)c2c([B])c([B])c(C3(c4cc([B])c([B])c([B])c4[B])c4c([B])c([B])c([B])c([B])c4-c4c([B])c([B])c([B])c([B])c43)c([B])c2[B])c([B])c([B])c1[B]. The molecule has 334 valence electrons. The number of benzene rings is 9. The Morgan fingerprint density at radius 2 is 0.467 bits per heavy atom. The summed E-state index contributed by atoms with van der Waals surface area (Å²) >= 11 is 0. The molecule has 9 aromatic carbocycles. The molecule has 90 heavy (non-hydrogen) atoms. The van der Waals surface area contributed by atoms with Crippen LogP contribution < -0.4 is 185 Å². The zero-order valence-electron chi connectivity index (χ0n) is 48.0. The van der Waals surface area contributed by atoms with Crippen molar-refractivity contribution in [3.8, 4) is 22.3 Å². The number of rotatable bonds is 7. The maximum atomic E-state index is 7.59. The van der Waals surface area contributed by atoms with E-state index in [4.69, 9.17) is 259 Å². The van der Waals surface area contributed by atoms with Crippen LogP contribution >= 0.6 is 0 Å². The van der Waals surface area contributed by atoms with Crippen molar-refractivity contribution >= 4 is 456 Å². The van der Waals surface area contributed by atoms with Crippen LogP contribution in [0.1, 0.15) is 44.5 Å². The first-order valence-corrected chi connectivity index (χ1v) is 26.7. The molecule has 1 nitrogen and oxygen atoms in total. The standard InChI is InChI=1S/C56H6B33N/c57-10-5-9(23(59)39(75)24(10)60)56(19-15(29(65)43(79)47(83)33(19)69)16-20(56)34(70)48(84)44(80)30(16)66)22-37(73)52(88)54(53(89)38(22)74)90(12-6-11(58)25(61)40(76)26(12)62)8-3-1-7(2-4-8)55(21-35(71)49(85)51(87)50(86)36(21)72)17-13(27(63)41(77)45(81)31(17)67)14-18(55)32(68)46(82)42(78)28(14)64/h1-6H. The molecule has 0 saturated heterocycles. The van der Waals surface area contributed by atoms with Gasteiger partial charge < -0.3 is 4.90 Å². The molecule has 34 heteroatoms. The van der Waals surface area contributed by atoms with Crippen LogP contribution in [-0.2, 0) is 10.8 Å². The molecule has 11 rings (SSSR count). The molecule has 66 radical (unpaired) electrons. The zero-order valence-corrected chi connectivity index (χ0v) is 48.0. The number of nitrogens with zero attached hydrogens (tertiary/aromatic N) is 1. The quantitative estimate of drug-likeness (QED) is 0.144. The molecule has 0 unspecified atom stereocenters. The van der Waals surface area contributed by atoms with Gasteiger partial charge in [-0.1, -0.05) is 94.7 Å². The lowest BCUT2D eigenvalue weighted by Crippen LogP contribution is -2.61. The Kier molecular flexibility index (Phi) is 16.6. The third kappa shape index (κ3) is 8.43. The van der Waals surface area contributed by atoms with Gasteiger partial charge >= 0.3 is 0 Å². The van der Waals surface area contributed by atoms with E-state index in [1.54, 1.807) is 24.3 Å². The monoisotopic (exact) mass is 1060 g/mol. The van der Waals surface area contributed by atoms with E-state index in [1.165, 1.54) is 17.0 Å². The fourth-order valence-electron chi connectivity index (χ4n) is 13.5. The van der Waals surface area contributed by atoms with Crippen molar-refractivity contribution in [2.24, 2.45) is 0 Å². The van der Waals surface area contributed by atoms with E-state index >= 15 is 0 Å². The summed E-state index contributed by atoms with van der Waals surface area (Å²) in [5.74, 6) is 0. The van der Waals surface area contributed by atoms with Crippen molar-refractivity contribution in [3.63, 3.8) is 0 Å². The van der Waals surface area contributed by atoms with E-state index in [-0.39, 0.29) is 264 Å². The van der Waals surface area contributed by atoms with Crippen molar-refractivity contribution in [1.29, 1.82) is 0 Å². The highest BCUT2D eigenvalue weighted by molar-refractivity contribution is 6.73. The van der Waals surface area contributed by atoms with E-state index in [9.17, 15) is 0 Å². The average Bonchev–Trinajstić information content (AvgIpc) is 1.48. The second kappa shape index (κ2) is 22.6. The molecular weight excluding hydrogens is 1040 g/mol. The Balaban J connectivity index is 1.31. The number of fused-ring (bicyclic) bond motifs is 6. The minimum atomic E-state index is -2.25. The van der Waals surface area contributed by atoms with E-state index in [1.807, 2.05) is 0 Å². The first-order valence-electron chi connectivity index (χ1n) is 26.7. The summed E-state index contributed by atoms with van der Waals surface area (Å²) in [6, 6.07) is 9.09. The Morgan fingerprint density at radius 3 is 0.822 bits per heavy atom. The maximum Gasteiger partial charge on any atom is 0.115 e. The molecule has 0 heterocycles. The third-order valence-corrected chi connectivity index (χ3v) is 18.1. The van der Waals surface area contributed by atoms with E-state index in [0.29, 0.717) is 0 Å². The highest BCUT2D eigenvalue weighted by Gasteiger charge is 2.53. The van der Waals surface area contributed by atoms with Gasteiger partial charge in [-0.05, 0) is 85.0 Å². The molecule has 0 spiro atoms. The molecule has 0 amide bonds. The maximum absolute atomic E-state index is 7.59. The predicted octanol–water partition coefficient (Wildman–Crippen LogP) is -25.9. The van der Waals surface area contributed by atoms with Crippen LogP contribution in [0.25, 0.3) is 22.3 Å². The van der Waals surface area contributed by atoms with Crippen molar-refractivity contribution in [1.82, 2.24) is 0 Å². The van der Waals surface area contributed by atoms with Gasteiger partial charge in [-0.2, -0.15) is 0 Å². The van der Waals surface area contributed by atoms with Crippen LogP contribution in [0.3, 0.4) is 0 Å². The highest BCUT2D eigenvalue weighted by Crippen LogP contribution is 2.54. The lowest BCUT2D eigenvalue weighted by Gasteiger charge is -2.44. The Morgan fingerprint density at radius 1 is 0.211 bits per heavy atom. The first kappa shape index (κ1) is 66.4. The van der Waals surface area contributed by atoms with Crippen molar-refractivity contribution in [2.45, 2.75) is 10.8 Å². The number of hydrogen-bond acceptors (Lipinski definition) is 1. The van der Waals surface area contributed by atoms with Gasteiger partial charge in [-0.15, -0.1) is 104 Å². The topological polar surface area (TPSA) is 3.24 Å². The van der Waals surface area contributed by atoms with Gasteiger partial charge in [0.15, 0.2) is 0 Å². The second-order valence-corrected chi connectivity index (χ2v) is 22.3. The Hall–Kier alpha value is -5.08. The summed E-state index contributed by atoms with van der Waals surface area (Å²) in [5, 5.41) is 0. The van der Waals surface area contributed by atoms with Crippen LogP contribution in [-0.4, -0.2) is 259 Å². The van der Waals surface area contributed by atoms with Gasteiger partial charge in [0.05, 0.1) is 10.8 Å². The van der Waals surface area contributed by atoms with E-state index < -0.39 is 10.8 Å². The van der Waals surface area contributed by atoms with Gasteiger partial charge in [-0.25, -0.2) is 0 Å². The summed E-state index contributed by atoms with van der Waals surface area (Å²) in [4.78, 5) is 1.43.